The highest BCUT2D eigenvalue weighted by Gasteiger charge is 2.22. The lowest BCUT2D eigenvalue weighted by Gasteiger charge is -2.28. The second-order valence-electron chi connectivity index (χ2n) is 5.61. The molecule has 6 heteroatoms. The maximum atomic E-state index is 11.4. The Labute approximate surface area is 119 Å². The summed E-state index contributed by atoms with van der Waals surface area (Å²) in [4.78, 5) is 12.9. The molecule has 1 aromatic rings. The summed E-state index contributed by atoms with van der Waals surface area (Å²) in [6, 6.07) is 1.85. The van der Waals surface area contributed by atoms with Gasteiger partial charge in [-0.3, -0.25) is 10.00 Å². The number of rotatable bonds is 6. The quantitative estimate of drug-likeness (QED) is 0.745. The van der Waals surface area contributed by atoms with Gasteiger partial charge >= 0.3 is 6.09 Å². The molecule has 3 N–H and O–H groups in total. The van der Waals surface area contributed by atoms with E-state index in [1.807, 2.05) is 13.0 Å². The number of amides is 1. The fourth-order valence-electron chi connectivity index (χ4n) is 2.77. The first kappa shape index (κ1) is 14.8. The molecule has 1 aliphatic rings. The summed E-state index contributed by atoms with van der Waals surface area (Å²) in [7, 11) is 0. The first-order valence-corrected chi connectivity index (χ1v) is 7.35. The van der Waals surface area contributed by atoms with E-state index in [0.717, 1.165) is 37.5 Å². The van der Waals surface area contributed by atoms with Crippen molar-refractivity contribution >= 4 is 6.09 Å². The molecule has 1 fully saturated rings. The Morgan fingerprint density at radius 1 is 1.55 bits per heavy atom. The van der Waals surface area contributed by atoms with Crippen LogP contribution in [-0.2, 0) is 6.54 Å². The molecule has 1 saturated heterocycles. The van der Waals surface area contributed by atoms with Gasteiger partial charge in [-0.15, -0.1) is 0 Å². The lowest BCUT2D eigenvalue weighted by Crippen LogP contribution is -2.38. The monoisotopic (exact) mass is 280 g/mol. The summed E-state index contributed by atoms with van der Waals surface area (Å²) in [6.07, 6.45) is 5.23. The number of carbonyl (C=O) groups is 1. The lowest BCUT2D eigenvalue weighted by molar-refractivity contribution is 0.118. The van der Waals surface area contributed by atoms with E-state index in [9.17, 15) is 9.90 Å². The standard InChI is InChI=1S/C14H24N4O2/c1-11(2-3-12-4-7-15-8-5-12)18(14(19)20)10-13-6-9-16-17-13/h6,9,11-12,15H,2-5,7-8,10H2,1H3,(H,16,17)(H,19,20). The molecule has 1 unspecified atom stereocenters. The molecular weight excluding hydrogens is 256 g/mol. The Morgan fingerprint density at radius 3 is 2.90 bits per heavy atom. The Kier molecular flexibility index (Phi) is 5.40. The first-order valence-electron chi connectivity index (χ1n) is 7.35. The Hall–Kier alpha value is -1.56. The number of aromatic amines is 1. The topological polar surface area (TPSA) is 81.2 Å². The van der Waals surface area contributed by atoms with Crippen LogP contribution >= 0.6 is 0 Å². The maximum Gasteiger partial charge on any atom is 0.407 e. The van der Waals surface area contributed by atoms with Crippen molar-refractivity contribution < 1.29 is 9.90 Å². The van der Waals surface area contributed by atoms with Crippen LogP contribution in [0.5, 0.6) is 0 Å². The highest BCUT2D eigenvalue weighted by atomic mass is 16.4. The molecule has 0 aromatic carbocycles. The van der Waals surface area contributed by atoms with Gasteiger partial charge in [0.05, 0.1) is 12.2 Å². The molecule has 6 nitrogen and oxygen atoms in total. The summed E-state index contributed by atoms with van der Waals surface area (Å²) >= 11 is 0. The predicted molar refractivity (Wildman–Crippen MR) is 76.4 cm³/mol. The number of nitrogens with one attached hydrogen (secondary N) is 2. The van der Waals surface area contributed by atoms with Crippen molar-refractivity contribution in [2.75, 3.05) is 13.1 Å². The average molecular weight is 280 g/mol. The van der Waals surface area contributed by atoms with E-state index in [2.05, 4.69) is 15.5 Å². The Balaban J connectivity index is 1.83. The summed E-state index contributed by atoms with van der Waals surface area (Å²) in [5.74, 6) is 0.737. The van der Waals surface area contributed by atoms with Crippen molar-refractivity contribution in [1.29, 1.82) is 0 Å². The first-order chi connectivity index (χ1) is 9.66. The normalized spacial score (nSPS) is 17.9. The van der Waals surface area contributed by atoms with Crippen LogP contribution in [0.3, 0.4) is 0 Å². The van der Waals surface area contributed by atoms with Gasteiger partial charge in [-0.05, 0) is 57.7 Å². The molecular formula is C14H24N4O2. The highest BCUT2D eigenvalue weighted by Crippen LogP contribution is 2.21. The SMILES string of the molecule is CC(CCC1CCNCC1)N(Cc1ccn[nH]1)C(=O)O. The summed E-state index contributed by atoms with van der Waals surface area (Å²) in [5.41, 5.74) is 0.834. The van der Waals surface area contributed by atoms with Crippen LogP contribution in [0, 0.1) is 5.92 Å². The van der Waals surface area contributed by atoms with Crippen molar-refractivity contribution in [3.05, 3.63) is 18.0 Å². The molecule has 0 aliphatic carbocycles. The molecule has 2 rings (SSSR count). The molecule has 0 bridgehead atoms. The summed E-state index contributed by atoms with van der Waals surface area (Å²) < 4.78 is 0. The third-order valence-corrected chi connectivity index (χ3v) is 4.13. The molecule has 112 valence electrons. The van der Waals surface area contributed by atoms with Crippen molar-refractivity contribution in [1.82, 2.24) is 20.4 Å². The van der Waals surface area contributed by atoms with E-state index in [4.69, 9.17) is 0 Å². The van der Waals surface area contributed by atoms with Crippen molar-refractivity contribution in [3.8, 4) is 0 Å². The molecule has 1 aromatic heterocycles. The van der Waals surface area contributed by atoms with Crippen molar-refractivity contribution in [2.45, 2.75) is 45.2 Å². The second-order valence-corrected chi connectivity index (χ2v) is 5.61. The molecule has 1 atom stereocenters. The number of carboxylic acid groups (broad SMARTS) is 1. The average Bonchev–Trinajstić information content (AvgIpc) is 2.96. The molecule has 20 heavy (non-hydrogen) atoms. The van der Waals surface area contributed by atoms with Gasteiger partial charge < -0.3 is 10.4 Å². The molecule has 1 amide bonds. The minimum atomic E-state index is -0.864. The molecule has 2 heterocycles. The van der Waals surface area contributed by atoms with Gasteiger partial charge in [-0.1, -0.05) is 0 Å². The largest absolute Gasteiger partial charge is 0.465 e. The van der Waals surface area contributed by atoms with Crippen LogP contribution in [0.15, 0.2) is 12.3 Å². The van der Waals surface area contributed by atoms with Crippen LogP contribution in [0.4, 0.5) is 4.79 Å². The van der Waals surface area contributed by atoms with E-state index in [0.29, 0.717) is 6.54 Å². The second kappa shape index (κ2) is 7.28. The number of piperidine rings is 1. The van der Waals surface area contributed by atoms with Gasteiger partial charge in [0.25, 0.3) is 0 Å². The molecule has 0 radical (unpaired) electrons. The molecule has 1 aliphatic heterocycles. The zero-order valence-corrected chi connectivity index (χ0v) is 12.0. The van der Waals surface area contributed by atoms with E-state index >= 15 is 0 Å². The number of nitrogens with zero attached hydrogens (tertiary/aromatic N) is 2. The number of H-pyrrole nitrogens is 1. The zero-order chi connectivity index (χ0) is 14.4. The van der Waals surface area contributed by atoms with E-state index in [1.54, 1.807) is 6.20 Å². The van der Waals surface area contributed by atoms with Crippen LogP contribution in [0.25, 0.3) is 0 Å². The zero-order valence-electron chi connectivity index (χ0n) is 12.0. The maximum absolute atomic E-state index is 11.4. The molecule has 0 spiro atoms. The minimum absolute atomic E-state index is 0.0330. The van der Waals surface area contributed by atoms with Crippen molar-refractivity contribution in [2.24, 2.45) is 5.92 Å². The van der Waals surface area contributed by atoms with E-state index < -0.39 is 6.09 Å². The van der Waals surface area contributed by atoms with Gasteiger partial charge in [0.1, 0.15) is 0 Å². The highest BCUT2D eigenvalue weighted by molar-refractivity contribution is 5.65. The third-order valence-electron chi connectivity index (χ3n) is 4.13. The fraction of sp³-hybridized carbons (Fsp3) is 0.714. The summed E-state index contributed by atoms with van der Waals surface area (Å²) in [6.45, 7) is 4.56. The lowest BCUT2D eigenvalue weighted by atomic mass is 9.91. The minimum Gasteiger partial charge on any atom is -0.465 e. The number of hydrogen-bond donors (Lipinski definition) is 3. The van der Waals surface area contributed by atoms with Gasteiger partial charge in [-0.2, -0.15) is 5.10 Å². The van der Waals surface area contributed by atoms with Crippen LogP contribution in [-0.4, -0.2) is 45.4 Å². The van der Waals surface area contributed by atoms with Gasteiger partial charge in [0.2, 0.25) is 0 Å². The van der Waals surface area contributed by atoms with Crippen LogP contribution < -0.4 is 5.32 Å². The fourth-order valence-corrected chi connectivity index (χ4v) is 2.77. The van der Waals surface area contributed by atoms with Gasteiger partial charge in [0, 0.05) is 12.2 Å². The van der Waals surface area contributed by atoms with E-state index in [-0.39, 0.29) is 6.04 Å². The van der Waals surface area contributed by atoms with Gasteiger partial charge in [-0.25, -0.2) is 4.79 Å². The predicted octanol–water partition coefficient (Wildman–Crippen LogP) is 2.06. The smallest absolute Gasteiger partial charge is 0.407 e. The third kappa shape index (κ3) is 4.23. The van der Waals surface area contributed by atoms with E-state index in [1.165, 1.54) is 17.7 Å². The summed E-state index contributed by atoms with van der Waals surface area (Å²) in [5, 5.41) is 19.4. The Bertz CT molecular complexity index is 401. The van der Waals surface area contributed by atoms with Crippen LogP contribution in [0.2, 0.25) is 0 Å². The molecule has 0 saturated carbocycles. The Morgan fingerprint density at radius 2 is 2.30 bits per heavy atom. The number of aromatic nitrogens is 2. The van der Waals surface area contributed by atoms with Gasteiger partial charge in [0.15, 0.2) is 0 Å². The van der Waals surface area contributed by atoms with Crippen LogP contribution in [0.1, 0.15) is 38.3 Å². The van der Waals surface area contributed by atoms with Crippen molar-refractivity contribution in [3.63, 3.8) is 0 Å². The number of hydrogen-bond acceptors (Lipinski definition) is 3.